The van der Waals surface area contributed by atoms with Crippen molar-refractivity contribution in [3.05, 3.63) is 29.3 Å². The average Bonchev–Trinajstić information content (AvgIpc) is 2.80. The summed E-state index contributed by atoms with van der Waals surface area (Å²) in [4.78, 5) is 20.0. The van der Waals surface area contributed by atoms with E-state index in [2.05, 4.69) is 67.8 Å². The summed E-state index contributed by atoms with van der Waals surface area (Å²) in [7, 11) is 6.37. The van der Waals surface area contributed by atoms with Crippen LogP contribution in [0.25, 0.3) is 0 Å². The van der Waals surface area contributed by atoms with Gasteiger partial charge in [0, 0.05) is 42.5 Å². The van der Waals surface area contributed by atoms with Gasteiger partial charge in [-0.1, -0.05) is 40.7 Å². The van der Waals surface area contributed by atoms with Crippen LogP contribution in [0.15, 0.2) is 18.2 Å². The lowest BCUT2D eigenvalue weighted by atomic mass is 9.66. The Kier molecular flexibility index (Phi) is 8.40. The molecule has 2 aliphatic heterocycles. The Labute approximate surface area is 208 Å². The second kappa shape index (κ2) is 10.6. The number of carbonyl (C=O) groups excluding carboxylic acids is 1. The topological polar surface area (TPSA) is 36.0 Å². The number of methoxy groups -OCH3 is 1. The number of likely N-dealkylation sites (tertiary alicyclic amines) is 2. The minimum atomic E-state index is -0.290. The number of piperidine rings is 2. The molecule has 192 valence electrons. The number of hydrogen-bond donors (Lipinski definition) is 0. The Balaban J connectivity index is 1.81. The number of hydrogen-bond acceptors (Lipinski definition) is 4. The van der Waals surface area contributed by atoms with Crippen molar-refractivity contribution in [3.63, 3.8) is 0 Å². The third kappa shape index (κ3) is 5.46. The van der Waals surface area contributed by atoms with Crippen LogP contribution in [-0.2, 0) is 16.6 Å². The smallest absolute Gasteiger partial charge is 0.227 e. The summed E-state index contributed by atoms with van der Waals surface area (Å²) in [5.41, 5.74) is 2.66. The van der Waals surface area contributed by atoms with Crippen molar-refractivity contribution in [3.8, 4) is 5.75 Å². The van der Waals surface area contributed by atoms with Crippen LogP contribution in [0.5, 0.6) is 5.75 Å². The van der Waals surface area contributed by atoms with Gasteiger partial charge in [-0.05, 0) is 82.4 Å². The molecule has 5 heteroatoms. The predicted octanol–water partition coefficient (Wildman–Crippen LogP) is 4.82. The van der Waals surface area contributed by atoms with Crippen molar-refractivity contribution in [2.45, 2.75) is 84.7 Å². The zero-order chi connectivity index (χ0) is 25.3. The lowest BCUT2D eigenvalue weighted by Gasteiger charge is -2.54. The zero-order valence-electron chi connectivity index (χ0n) is 23.3. The van der Waals surface area contributed by atoms with E-state index in [1.54, 1.807) is 7.11 Å². The fourth-order valence-electron chi connectivity index (χ4n) is 6.52. The largest absolute Gasteiger partial charge is 0.497 e. The second-order valence-corrected chi connectivity index (χ2v) is 12.1. The van der Waals surface area contributed by atoms with E-state index < -0.39 is 0 Å². The Morgan fingerprint density at radius 2 is 1.85 bits per heavy atom. The molecule has 0 radical (unpaired) electrons. The number of rotatable bonds is 6. The molecule has 2 saturated heterocycles. The molecule has 0 saturated carbocycles. The van der Waals surface area contributed by atoms with Crippen LogP contribution in [-0.4, -0.2) is 80.1 Å². The van der Waals surface area contributed by atoms with E-state index in [-0.39, 0.29) is 10.8 Å². The standard InChI is InChI=1S/C29H49N3O2/c1-10-23-11-12-24(34-9)19-25(23)29(6)15-18-30(7)21(2)26(29)31(8)20-22-13-16-32(17-14-22)27(33)28(3,4)5/h11-12,19,21-22,26H,10,13-18,20H2,1-9H3/t21?,26-,29+/m0/s1. The minimum absolute atomic E-state index is 0.0590. The Hall–Kier alpha value is -1.59. The third-order valence-electron chi connectivity index (χ3n) is 8.67. The van der Waals surface area contributed by atoms with Crippen molar-refractivity contribution >= 4 is 5.91 Å². The molecular formula is C29H49N3O2. The van der Waals surface area contributed by atoms with Gasteiger partial charge in [-0.15, -0.1) is 0 Å². The average molecular weight is 472 g/mol. The molecule has 1 unspecified atom stereocenters. The Morgan fingerprint density at radius 1 is 1.21 bits per heavy atom. The van der Waals surface area contributed by atoms with Gasteiger partial charge in [0.05, 0.1) is 7.11 Å². The molecule has 2 heterocycles. The quantitative estimate of drug-likeness (QED) is 0.596. The molecule has 2 fully saturated rings. The molecule has 1 aromatic rings. The first kappa shape index (κ1) is 27.0. The third-order valence-corrected chi connectivity index (χ3v) is 8.67. The molecular weight excluding hydrogens is 422 g/mol. The van der Waals surface area contributed by atoms with Gasteiger partial charge in [0.15, 0.2) is 0 Å². The summed E-state index contributed by atoms with van der Waals surface area (Å²) in [5.74, 6) is 1.88. The van der Waals surface area contributed by atoms with Crippen molar-refractivity contribution in [2.24, 2.45) is 11.3 Å². The first-order valence-electron chi connectivity index (χ1n) is 13.3. The van der Waals surface area contributed by atoms with E-state index in [4.69, 9.17) is 4.74 Å². The highest BCUT2D eigenvalue weighted by molar-refractivity contribution is 5.81. The SMILES string of the molecule is CCc1ccc(OC)cc1[C@@]1(C)CCN(C)C(C)[C@@H]1N(C)CC1CCN(C(=O)C(C)(C)C)CC1. The van der Waals surface area contributed by atoms with Gasteiger partial charge in [0.25, 0.3) is 0 Å². The molecule has 3 rings (SSSR count). The maximum Gasteiger partial charge on any atom is 0.227 e. The van der Waals surface area contributed by atoms with Crippen molar-refractivity contribution in [2.75, 3.05) is 47.4 Å². The van der Waals surface area contributed by atoms with Crippen LogP contribution in [0.1, 0.15) is 71.9 Å². The summed E-state index contributed by atoms with van der Waals surface area (Å²) in [5, 5.41) is 0. The van der Waals surface area contributed by atoms with Gasteiger partial charge < -0.3 is 19.4 Å². The van der Waals surface area contributed by atoms with Crippen LogP contribution in [0.4, 0.5) is 0 Å². The molecule has 34 heavy (non-hydrogen) atoms. The van der Waals surface area contributed by atoms with E-state index in [0.717, 1.165) is 57.6 Å². The number of amides is 1. The Bertz CT molecular complexity index is 840. The number of likely N-dealkylation sites (N-methyl/N-ethyl adjacent to an activating group) is 2. The van der Waals surface area contributed by atoms with Gasteiger partial charge in [-0.25, -0.2) is 0 Å². The number of nitrogens with zero attached hydrogens (tertiary/aromatic N) is 3. The van der Waals surface area contributed by atoms with Crippen LogP contribution in [0.3, 0.4) is 0 Å². The molecule has 3 atom stereocenters. The van der Waals surface area contributed by atoms with E-state index in [1.165, 1.54) is 11.1 Å². The van der Waals surface area contributed by atoms with Gasteiger partial charge in [0.2, 0.25) is 5.91 Å². The molecule has 0 bridgehead atoms. The van der Waals surface area contributed by atoms with Gasteiger partial charge >= 0.3 is 0 Å². The van der Waals surface area contributed by atoms with Gasteiger partial charge in [-0.3, -0.25) is 4.79 Å². The van der Waals surface area contributed by atoms with Crippen LogP contribution in [0.2, 0.25) is 0 Å². The first-order chi connectivity index (χ1) is 15.9. The molecule has 0 spiro atoms. The molecule has 1 aromatic carbocycles. The van der Waals surface area contributed by atoms with Crippen LogP contribution < -0.4 is 4.74 Å². The van der Waals surface area contributed by atoms with Crippen molar-refractivity contribution in [1.29, 1.82) is 0 Å². The second-order valence-electron chi connectivity index (χ2n) is 12.1. The maximum atomic E-state index is 12.7. The molecule has 0 aliphatic carbocycles. The maximum absolute atomic E-state index is 12.7. The molecule has 0 N–H and O–H groups in total. The zero-order valence-corrected chi connectivity index (χ0v) is 23.3. The van der Waals surface area contributed by atoms with Gasteiger partial charge in [-0.2, -0.15) is 0 Å². The lowest BCUT2D eigenvalue weighted by molar-refractivity contribution is -0.141. The van der Waals surface area contributed by atoms with Gasteiger partial charge in [0.1, 0.15) is 5.75 Å². The summed E-state index contributed by atoms with van der Waals surface area (Å²) >= 11 is 0. The van der Waals surface area contributed by atoms with Crippen molar-refractivity contribution < 1.29 is 9.53 Å². The van der Waals surface area contributed by atoms with E-state index in [9.17, 15) is 4.79 Å². The van der Waals surface area contributed by atoms with Crippen LogP contribution >= 0.6 is 0 Å². The predicted molar refractivity (Wildman–Crippen MR) is 142 cm³/mol. The minimum Gasteiger partial charge on any atom is -0.497 e. The molecule has 5 nitrogen and oxygen atoms in total. The van der Waals surface area contributed by atoms with Crippen molar-refractivity contribution in [1.82, 2.24) is 14.7 Å². The number of ether oxygens (including phenoxy) is 1. The molecule has 1 amide bonds. The summed E-state index contributed by atoms with van der Waals surface area (Å²) < 4.78 is 5.65. The van der Waals surface area contributed by atoms with E-state index >= 15 is 0 Å². The van der Waals surface area contributed by atoms with Crippen LogP contribution in [0, 0.1) is 11.3 Å². The highest BCUT2D eigenvalue weighted by Gasteiger charge is 2.47. The molecule has 0 aromatic heterocycles. The van der Waals surface area contributed by atoms with E-state index in [0.29, 0.717) is 23.9 Å². The summed E-state index contributed by atoms with van der Waals surface area (Å²) in [6.07, 6.45) is 4.37. The lowest BCUT2D eigenvalue weighted by Crippen LogP contribution is -2.63. The highest BCUT2D eigenvalue weighted by atomic mass is 16.5. The fraction of sp³-hybridized carbons (Fsp3) is 0.759. The summed E-state index contributed by atoms with van der Waals surface area (Å²) in [6.45, 7) is 17.2. The number of aryl methyl sites for hydroxylation is 1. The molecule has 2 aliphatic rings. The van der Waals surface area contributed by atoms with E-state index in [1.807, 2.05) is 20.8 Å². The normalized spacial score (nSPS) is 27.3. The number of benzene rings is 1. The number of carbonyl (C=O) groups is 1. The summed E-state index contributed by atoms with van der Waals surface area (Å²) in [6, 6.07) is 7.55. The Morgan fingerprint density at radius 3 is 2.41 bits per heavy atom. The monoisotopic (exact) mass is 471 g/mol. The highest BCUT2D eigenvalue weighted by Crippen LogP contribution is 2.43. The fourth-order valence-corrected chi connectivity index (χ4v) is 6.52. The first-order valence-corrected chi connectivity index (χ1v) is 13.3.